The first-order valence-corrected chi connectivity index (χ1v) is 24.0. The topological polar surface area (TPSA) is 61.7 Å². The summed E-state index contributed by atoms with van der Waals surface area (Å²) in [6, 6.07) is 84.0. The first-order valence-electron chi connectivity index (χ1n) is 24.0. The van der Waals surface area contributed by atoms with Gasteiger partial charge in [-0.1, -0.05) is 158 Å². The largest absolute Gasteiger partial charge is 0.456 e. The van der Waals surface area contributed by atoms with Crippen LogP contribution in [0.4, 0.5) is 0 Å². The first-order chi connectivity index (χ1) is 35.2. The van der Waals surface area contributed by atoms with Crippen molar-refractivity contribution in [3.63, 3.8) is 0 Å². The van der Waals surface area contributed by atoms with Crippen LogP contribution in [-0.2, 0) is 0 Å². The second-order valence-electron chi connectivity index (χ2n) is 18.4. The van der Waals surface area contributed by atoms with E-state index in [2.05, 4.69) is 228 Å². The zero-order chi connectivity index (χ0) is 46.6. The number of para-hydroxylation sites is 3. The molecule has 330 valence electrons. The summed E-state index contributed by atoms with van der Waals surface area (Å²) >= 11 is 0. The van der Waals surface area contributed by atoms with Gasteiger partial charge in [0.25, 0.3) is 0 Å². The summed E-state index contributed by atoms with van der Waals surface area (Å²) in [6.07, 6.45) is 0. The van der Waals surface area contributed by atoms with Crippen molar-refractivity contribution < 1.29 is 4.42 Å². The summed E-state index contributed by atoms with van der Waals surface area (Å²) in [7, 11) is 0. The molecular formula is C65H39N5O. The normalized spacial score (nSPS) is 11.9. The van der Waals surface area contributed by atoms with Gasteiger partial charge >= 0.3 is 0 Å². The van der Waals surface area contributed by atoms with Gasteiger partial charge in [0.05, 0.1) is 27.8 Å². The van der Waals surface area contributed by atoms with Crippen LogP contribution >= 0.6 is 0 Å². The van der Waals surface area contributed by atoms with E-state index in [1.54, 1.807) is 0 Å². The maximum absolute atomic E-state index is 6.72. The minimum atomic E-state index is 0.538. The average molecular weight is 906 g/mol. The molecule has 0 saturated heterocycles. The fraction of sp³-hybridized carbons (Fsp3) is 0. The molecule has 15 rings (SSSR count). The Morgan fingerprint density at radius 2 is 0.915 bits per heavy atom. The molecule has 6 nitrogen and oxygen atoms in total. The van der Waals surface area contributed by atoms with E-state index in [1.807, 2.05) is 18.2 Å². The second-order valence-corrected chi connectivity index (χ2v) is 18.4. The lowest BCUT2D eigenvalue weighted by molar-refractivity contribution is 0.669. The molecule has 0 aliphatic carbocycles. The van der Waals surface area contributed by atoms with Crippen molar-refractivity contribution in [1.82, 2.24) is 24.1 Å². The highest BCUT2D eigenvalue weighted by atomic mass is 16.3. The molecule has 71 heavy (non-hydrogen) atoms. The van der Waals surface area contributed by atoms with Gasteiger partial charge in [-0.25, -0.2) is 15.0 Å². The summed E-state index contributed by atoms with van der Waals surface area (Å²) in [4.78, 5) is 16.4. The third-order valence-electron chi connectivity index (χ3n) is 14.3. The molecule has 0 radical (unpaired) electrons. The molecule has 0 spiro atoms. The Balaban J connectivity index is 1.04. The SMILES string of the molecule is c1ccc(-c2cccc(-c3nc(-c4ccc5c(c4)c4ccccc4n5-c4ccccc4)nc(-c4cc5oc6ccccc6c5cc4-n4c5cc6ccccc6cc5c5c6ccccc6ccc54)n3)c2)cc1. The number of nitrogens with zero attached hydrogens (tertiary/aromatic N) is 5. The quantitative estimate of drug-likeness (QED) is 0.167. The van der Waals surface area contributed by atoms with Gasteiger partial charge in [0.2, 0.25) is 0 Å². The Bertz CT molecular complexity index is 4640. The molecule has 0 aliphatic heterocycles. The number of furan rings is 1. The number of rotatable bonds is 6. The van der Waals surface area contributed by atoms with E-state index in [-0.39, 0.29) is 0 Å². The molecule has 4 aromatic heterocycles. The van der Waals surface area contributed by atoms with E-state index >= 15 is 0 Å². The van der Waals surface area contributed by atoms with Crippen LogP contribution in [0.15, 0.2) is 241 Å². The highest BCUT2D eigenvalue weighted by molar-refractivity contribution is 6.24. The van der Waals surface area contributed by atoms with Crippen LogP contribution in [0, 0.1) is 0 Å². The van der Waals surface area contributed by atoms with Gasteiger partial charge in [-0.2, -0.15) is 0 Å². The van der Waals surface area contributed by atoms with Gasteiger partial charge in [-0.3, -0.25) is 0 Å². The number of benzene rings is 11. The number of aromatic nitrogens is 5. The van der Waals surface area contributed by atoms with Crippen LogP contribution in [0.2, 0.25) is 0 Å². The maximum Gasteiger partial charge on any atom is 0.166 e. The van der Waals surface area contributed by atoms with Crippen molar-refractivity contribution in [2.24, 2.45) is 0 Å². The van der Waals surface area contributed by atoms with Crippen LogP contribution in [0.3, 0.4) is 0 Å². The summed E-state index contributed by atoms with van der Waals surface area (Å²) in [5.41, 5.74) is 12.8. The molecule has 11 aromatic carbocycles. The van der Waals surface area contributed by atoms with Gasteiger partial charge in [0, 0.05) is 54.7 Å². The van der Waals surface area contributed by atoms with Crippen LogP contribution in [0.5, 0.6) is 0 Å². The molecule has 6 heteroatoms. The molecule has 0 N–H and O–H groups in total. The average Bonchev–Trinajstić information content (AvgIpc) is 4.09. The first kappa shape index (κ1) is 39.4. The fourth-order valence-corrected chi connectivity index (χ4v) is 11.0. The molecule has 0 aliphatic rings. The summed E-state index contributed by atoms with van der Waals surface area (Å²) in [5.74, 6) is 1.68. The van der Waals surface area contributed by atoms with E-state index in [1.165, 1.54) is 26.9 Å². The summed E-state index contributed by atoms with van der Waals surface area (Å²) < 4.78 is 11.5. The predicted molar refractivity (Wildman–Crippen MR) is 293 cm³/mol. The zero-order valence-electron chi connectivity index (χ0n) is 38.2. The van der Waals surface area contributed by atoms with E-state index in [0.29, 0.717) is 17.5 Å². The third-order valence-corrected chi connectivity index (χ3v) is 14.3. The van der Waals surface area contributed by atoms with Crippen molar-refractivity contribution in [2.75, 3.05) is 0 Å². The van der Waals surface area contributed by atoms with Crippen molar-refractivity contribution in [3.8, 4) is 56.7 Å². The molecule has 0 unspecified atom stereocenters. The standard InChI is InChI=1S/C65H39N5O/c1-3-16-40(17-4-1)42-21-15-22-45(34-42)63-66-64(46-31-32-56-51(36-46)49-26-11-13-28-55(49)69(56)47-23-5-2-6-24-47)68-65(67-63)54-39-61-52(50-27-12-14-29-60(50)71-61)38-59(54)70-57-33-30-41-18-9-10-25-48(41)62(57)53-35-43-19-7-8-20-44(43)37-58(53)70/h1-39H. The van der Waals surface area contributed by atoms with Crippen molar-refractivity contribution in [3.05, 3.63) is 237 Å². The Kier molecular flexibility index (Phi) is 8.56. The van der Waals surface area contributed by atoms with E-state index in [0.717, 1.165) is 99.4 Å². The maximum atomic E-state index is 6.72. The lowest BCUT2D eigenvalue weighted by atomic mass is 10.0. The highest BCUT2D eigenvalue weighted by Crippen LogP contribution is 2.44. The van der Waals surface area contributed by atoms with Gasteiger partial charge < -0.3 is 13.6 Å². The lowest BCUT2D eigenvalue weighted by Gasteiger charge is -2.16. The fourth-order valence-electron chi connectivity index (χ4n) is 11.0. The molecule has 0 saturated carbocycles. The minimum absolute atomic E-state index is 0.538. The molecule has 15 aromatic rings. The van der Waals surface area contributed by atoms with Crippen LogP contribution in [0.1, 0.15) is 0 Å². The lowest BCUT2D eigenvalue weighted by Crippen LogP contribution is -2.04. The van der Waals surface area contributed by atoms with E-state index < -0.39 is 0 Å². The highest BCUT2D eigenvalue weighted by Gasteiger charge is 2.24. The molecule has 4 heterocycles. The van der Waals surface area contributed by atoms with Gasteiger partial charge in [-0.05, 0) is 112 Å². The minimum Gasteiger partial charge on any atom is -0.456 e. The number of hydrogen-bond donors (Lipinski definition) is 0. The molecular weight excluding hydrogens is 867 g/mol. The number of hydrogen-bond acceptors (Lipinski definition) is 4. The summed E-state index contributed by atoms with van der Waals surface area (Å²) in [6.45, 7) is 0. The Hall–Kier alpha value is -9.65. The monoisotopic (exact) mass is 905 g/mol. The van der Waals surface area contributed by atoms with Gasteiger partial charge in [-0.15, -0.1) is 0 Å². The van der Waals surface area contributed by atoms with Crippen molar-refractivity contribution in [1.29, 1.82) is 0 Å². The Morgan fingerprint density at radius 3 is 1.75 bits per heavy atom. The third kappa shape index (κ3) is 6.18. The Labute approximate surface area is 407 Å². The number of fused-ring (bicyclic) bond motifs is 12. The predicted octanol–water partition coefficient (Wildman–Crippen LogP) is 16.9. The summed E-state index contributed by atoms with van der Waals surface area (Å²) in [5, 5.41) is 11.5. The smallest absolute Gasteiger partial charge is 0.166 e. The van der Waals surface area contributed by atoms with E-state index in [4.69, 9.17) is 19.4 Å². The van der Waals surface area contributed by atoms with Crippen LogP contribution in [0.25, 0.3) is 144 Å². The van der Waals surface area contributed by atoms with Crippen LogP contribution in [-0.4, -0.2) is 24.1 Å². The molecule has 0 amide bonds. The van der Waals surface area contributed by atoms with Gasteiger partial charge in [0.1, 0.15) is 11.2 Å². The molecule has 0 fully saturated rings. The van der Waals surface area contributed by atoms with Crippen molar-refractivity contribution >= 4 is 87.1 Å². The molecule has 0 atom stereocenters. The van der Waals surface area contributed by atoms with E-state index in [9.17, 15) is 0 Å². The second kappa shape index (κ2) is 15.4. The van der Waals surface area contributed by atoms with Crippen molar-refractivity contribution in [2.45, 2.75) is 0 Å². The van der Waals surface area contributed by atoms with Crippen LogP contribution < -0.4 is 0 Å². The Morgan fingerprint density at radius 1 is 0.296 bits per heavy atom. The zero-order valence-corrected chi connectivity index (χ0v) is 38.2. The molecule has 0 bridgehead atoms. The van der Waals surface area contributed by atoms with Gasteiger partial charge in [0.15, 0.2) is 17.5 Å².